The summed E-state index contributed by atoms with van der Waals surface area (Å²) in [6.07, 6.45) is 8.98. The number of allylic oxidation sites excluding steroid dienone is 3. The molecular weight excluding hydrogens is 338 g/mol. The normalized spacial score (nSPS) is 19.2. The molecule has 3 atom stereocenters. The number of hydrogen-bond acceptors (Lipinski definition) is 3. The van der Waals surface area contributed by atoms with Crippen molar-refractivity contribution in [2.45, 2.75) is 45.1 Å². The van der Waals surface area contributed by atoms with Gasteiger partial charge in [-0.2, -0.15) is 0 Å². The van der Waals surface area contributed by atoms with Crippen LogP contribution in [0.5, 0.6) is 0 Å². The molecule has 0 aliphatic carbocycles. The van der Waals surface area contributed by atoms with Crippen LogP contribution in [0.2, 0.25) is 0 Å². The van der Waals surface area contributed by atoms with Crippen molar-refractivity contribution in [1.82, 2.24) is 4.90 Å². The number of nitrogens with zero attached hydrogens (tertiary/aromatic N) is 1. The number of benzene rings is 1. The molecule has 1 amide bonds. The highest BCUT2D eigenvalue weighted by molar-refractivity contribution is 5.99. The lowest BCUT2D eigenvalue weighted by molar-refractivity contribution is -0.0741. The van der Waals surface area contributed by atoms with Crippen LogP contribution >= 0.6 is 0 Å². The number of fused-ring (bicyclic) bond motifs is 1. The molecule has 0 saturated carbocycles. The molecule has 4 nitrogen and oxygen atoms in total. The van der Waals surface area contributed by atoms with Crippen molar-refractivity contribution >= 4 is 5.91 Å². The van der Waals surface area contributed by atoms with Gasteiger partial charge in [0.25, 0.3) is 5.91 Å². The first-order valence-corrected chi connectivity index (χ1v) is 9.35. The first kappa shape index (κ1) is 20.9. The summed E-state index contributed by atoms with van der Waals surface area (Å²) in [5, 5.41) is 9.99. The molecular formula is C23H29NO3. The highest BCUT2D eigenvalue weighted by Crippen LogP contribution is 2.36. The van der Waals surface area contributed by atoms with Gasteiger partial charge in [0.1, 0.15) is 0 Å². The maximum atomic E-state index is 13.0. The molecule has 0 aromatic heterocycles. The molecule has 0 saturated heterocycles. The van der Waals surface area contributed by atoms with Crippen molar-refractivity contribution in [3.8, 4) is 0 Å². The molecule has 2 rings (SSSR count). The number of aliphatic hydroxyl groups excluding tert-OH is 1. The second kappa shape index (κ2) is 10.0. The molecule has 144 valence electrons. The molecule has 1 heterocycles. The summed E-state index contributed by atoms with van der Waals surface area (Å²) in [6.45, 7) is 11.9. The van der Waals surface area contributed by atoms with Crippen LogP contribution in [-0.2, 0) is 4.74 Å². The van der Waals surface area contributed by atoms with Crippen LogP contribution in [0, 0.1) is 0 Å². The largest absolute Gasteiger partial charge is 0.393 e. The van der Waals surface area contributed by atoms with E-state index in [0.717, 1.165) is 11.1 Å². The molecule has 1 aliphatic heterocycles. The first-order chi connectivity index (χ1) is 13.0. The molecule has 0 radical (unpaired) electrons. The average Bonchev–Trinajstić information content (AvgIpc) is 2.96. The van der Waals surface area contributed by atoms with Crippen molar-refractivity contribution in [2.75, 3.05) is 6.54 Å². The summed E-state index contributed by atoms with van der Waals surface area (Å²) < 4.78 is 6.24. The molecule has 1 aromatic carbocycles. The lowest BCUT2D eigenvalue weighted by Gasteiger charge is -2.29. The smallest absolute Gasteiger partial charge is 0.256 e. The Bertz CT molecular complexity index is 735. The number of rotatable bonds is 10. The van der Waals surface area contributed by atoms with Gasteiger partial charge in [-0.25, -0.2) is 0 Å². The van der Waals surface area contributed by atoms with Crippen LogP contribution in [0.15, 0.2) is 73.4 Å². The Morgan fingerprint density at radius 1 is 1.37 bits per heavy atom. The lowest BCUT2D eigenvalue weighted by Crippen LogP contribution is -2.34. The van der Waals surface area contributed by atoms with Gasteiger partial charge < -0.3 is 14.7 Å². The van der Waals surface area contributed by atoms with Gasteiger partial charge in [0.05, 0.1) is 12.2 Å². The summed E-state index contributed by atoms with van der Waals surface area (Å²) in [5.41, 5.74) is 2.41. The van der Waals surface area contributed by atoms with Crippen molar-refractivity contribution in [2.24, 2.45) is 0 Å². The summed E-state index contributed by atoms with van der Waals surface area (Å²) in [4.78, 5) is 14.7. The van der Waals surface area contributed by atoms with Gasteiger partial charge in [-0.05, 0) is 25.0 Å². The van der Waals surface area contributed by atoms with Crippen molar-refractivity contribution in [3.63, 3.8) is 0 Å². The van der Waals surface area contributed by atoms with E-state index in [1.165, 1.54) is 0 Å². The Labute approximate surface area is 162 Å². The summed E-state index contributed by atoms with van der Waals surface area (Å²) in [6, 6.07) is 7.49. The zero-order chi connectivity index (χ0) is 19.8. The maximum Gasteiger partial charge on any atom is 0.256 e. The van der Waals surface area contributed by atoms with Crippen molar-refractivity contribution < 1.29 is 14.6 Å². The fourth-order valence-electron chi connectivity index (χ4n) is 3.05. The summed E-state index contributed by atoms with van der Waals surface area (Å²) in [5.74, 6) is -0.0670. The minimum absolute atomic E-state index is 0.0670. The van der Waals surface area contributed by atoms with Crippen LogP contribution in [0.1, 0.15) is 48.8 Å². The Kier molecular flexibility index (Phi) is 7.77. The SMILES string of the molecule is C=C/C(=C\C=C/C)CN1C(=O)c2ccccc2C1OC(C=C)CC(O)CC. The van der Waals surface area contributed by atoms with Gasteiger partial charge in [0.2, 0.25) is 0 Å². The molecule has 3 unspecified atom stereocenters. The lowest BCUT2D eigenvalue weighted by atomic mass is 10.1. The van der Waals surface area contributed by atoms with Crippen LogP contribution in [0.3, 0.4) is 0 Å². The predicted octanol–water partition coefficient (Wildman–Crippen LogP) is 4.56. The third-order valence-corrected chi connectivity index (χ3v) is 4.66. The Hall–Kier alpha value is -2.43. The van der Waals surface area contributed by atoms with E-state index in [9.17, 15) is 9.90 Å². The van der Waals surface area contributed by atoms with Crippen LogP contribution in [0.4, 0.5) is 0 Å². The number of amides is 1. The minimum atomic E-state index is -0.519. The van der Waals surface area contributed by atoms with Gasteiger partial charge in [-0.3, -0.25) is 4.79 Å². The van der Waals surface area contributed by atoms with E-state index in [-0.39, 0.29) is 12.0 Å². The molecule has 0 fully saturated rings. The van der Waals surface area contributed by atoms with Crippen LogP contribution in [0.25, 0.3) is 0 Å². The minimum Gasteiger partial charge on any atom is -0.393 e. The first-order valence-electron chi connectivity index (χ1n) is 9.35. The average molecular weight is 367 g/mol. The van der Waals surface area contributed by atoms with E-state index < -0.39 is 12.3 Å². The standard InChI is InChI=1S/C23H29NO3/c1-5-9-12-17(6-2)16-24-22(26)20-13-10-11-14-21(20)23(24)27-19(8-4)15-18(25)7-3/h5-6,8-14,18-19,23,25H,2,4,7,15-16H2,1,3H3/b9-5-,17-12+. The number of carbonyl (C=O) groups is 1. The molecule has 0 spiro atoms. The Morgan fingerprint density at radius 3 is 2.74 bits per heavy atom. The molecule has 1 N–H and O–H groups in total. The highest BCUT2D eigenvalue weighted by atomic mass is 16.5. The summed E-state index contributed by atoms with van der Waals surface area (Å²) >= 11 is 0. The molecule has 4 heteroatoms. The summed E-state index contributed by atoms with van der Waals surface area (Å²) in [7, 11) is 0. The fourth-order valence-corrected chi connectivity index (χ4v) is 3.05. The molecule has 27 heavy (non-hydrogen) atoms. The van der Waals surface area contributed by atoms with Crippen molar-refractivity contribution in [1.29, 1.82) is 0 Å². The Balaban J connectivity index is 2.31. The van der Waals surface area contributed by atoms with Crippen LogP contribution in [-0.4, -0.2) is 34.7 Å². The van der Waals surface area contributed by atoms with E-state index in [1.54, 1.807) is 17.1 Å². The van der Waals surface area contributed by atoms with Crippen molar-refractivity contribution in [3.05, 3.63) is 84.5 Å². The van der Waals surface area contributed by atoms with Gasteiger partial charge in [-0.1, -0.05) is 62.1 Å². The molecule has 1 aromatic rings. The van der Waals surface area contributed by atoms with Gasteiger partial charge in [-0.15, -0.1) is 6.58 Å². The quantitative estimate of drug-likeness (QED) is 0.487. The third-order valence-electron chi connectivity index (χ3n) is 4.66. The fraction of sp³-hybridized carbons (Fsp3) is 0.348. The maximum absolute atomic E-state index is 13.0. The second-order valence-electron chi connectivity index (χ2n) is 6.55. The Morgan fingerprint density at radius 2 is 2.11 bits per heavy atom. The van der Waals surface area contributed by atoms with E-state index in [2.05, 4.69) is 13.2 Å². The van der Waals surface area contributed by atoms with Gasteiger partial charge in [0, 0.05) is 24.1 Å². The number of aliphatic hydroxyl groups is 1. The second-order valence-corrected chi connectivity index (χ2v) is 6.55. The molecule has 1 aliphatic rings. The third kappa shape index (κ3) is 5.06. The number of carbonyl (C=O) groups excluding carboxylic acids is 1. The van der Waals surface area contributed by atoms with Gasteiger partial charge in [0.15, 0.2) is 6.23 Å². The topological polar surface area (TPSA) is 49.8 Å². The van der Waals surface area contributed by atoms with E-state index >= 15 is 0 Å². The molecule has 0 bridgehead atoms. The zero-order valence-electron chi connectivity index (χ0n) is 16.2. The predicted molar refractivity (Wildman–Crippen MR) is 109 cm³/mol. The van der Waals surface area contributed by atoms with E-state index in [4.69, 9.17) is 4.74 Å². The zero-order valence-corrected chi connectivity index (χ0v) is 16.2. The van der Waals surface area contributed by atoms with E-state index in [0.29, 0.717) is 24.9 Å². The van der Waals surface area contributed by atoms with Gasteiger partial charge >= 0.3 is 0 Å². The highest BCUT2D eigenvalue weighted by Gasteiger charge is 2.38. The van der Waals surface area contributed by atoms with Crippen LogP contribution < -0.4 is 0 Å². The number of hydrogen-bond donors (Lipinski definition) is 1. The number of ether oxygens (including phenoxy) is 1. The monoisotopic (exact) mass is 367 g/mol. The van der Waals surface area contributed by atoms with E-state index in [1.807, 2.05) is 56.3 Å².